The number of anilines is 2. The predicted molar refractivity (Wildman–Crippen MR) is 123 cm³/mol. The standard InChI is InChI=1S/C23H20N4O3S/c28-21(11-4-12-27-15-24-19-9-2-1-8-18(19)23(27)30)25-16-6-3-7-17(14-16)26-22(29)20-10-5-13-31-20/h1-3,5-10,13-15H,4,11-12H2,(H,25,28)(H,26,29). The van der Waals surface area contributed by atoms with E-state index in [0.29, 0.717) is 40.1 Å². The predicted octanol–water partition coefficient (Wildman–Crippen LogP) is 4.13. The maximum absolute atomic E-state index is 12.5. The first-order valence-electron chi connectivity index (χ1n) is 9.79. The number of rotatable bonds is 7. The Morgan fingerprint density at radius 2 is 1.77 bits per heavy atom. The quantitative estimate of drug-likeness (QED) is 0.459. The molecule has 2 N–H and O–H groups in total. The number of benzene rings is 2. The molecule has 7 nitrogen and oxygen atoms in total. The van der Waals surface area contributed by atoms with Crippen LogP contribution in [-0.4, -0.2) is 21.4 Å². The third-order valence-corrected chi connectivity index (χ3v) is 5.55. The Bertz CT molecular complexity index is 1280. The van der Waals surface area contributed by atoms with Crippen molar-refractivity contribution in [2.75, 3.05) is 10.6 Å². The molecule has 0 spiro atoms. The van der Waals surface area contributed by atoms with Crippen LogP contribution in [0.15, 0.2) is 77.2 Å². The number of carbonyl (C=O) groups is 2. The van der Waals surface area contributed by atoms with Gasteiger partial charge < -0.3 is 10.6 Å². The minimum absolute atomic E-state index is 0.111. The average molecular weight is 433 g/mol. The summed E-state index contributed by atoms with van der Waals surface area (Å²) in [6.45, 7) is 0.404. The van der Waals surface area contributed by atoms with Crippen molar-refractivity contribution in [3.63, 3.8) is 0 Å². The lowest BCUT2D eigenvalue weighted by Gasteiger charge is -2.09. The first kappa shape index (κ1) is 20.5. The lowest BCUT2D eigenvalue weighted by molar-refractivity contribution is -0.116. The summed E-state index contributed by atoms with van der Waals surface area (Å²) in [7, 11) is 0. The van der Waals surface area contributed by atoms with Gasteiger partial charge >= 0.3 is 0 Å². The minimum atomic E-state index is -0.187. The molecular formula is C23H20N4O3S. The lowest BCUT2D eigenvalue weighted by atomic mass is 10.2. The number of amides is 2. The zero-order chi connectivity index (χ0) is 21.6. The Morgan fingerprint density at radius 3 is 2.58 bits per heavy atom. The van der Waals surface area contributed by atoms with E-state index in [1.165, 1.54) is 22.2 Å². The molecule has 2 aromatic carbocycles. The molecule has 2 aromatic heterocycles. The van der Waals surface area contributed by atoms with Crippen molar-refractivity contribution >= 4 is 45.4 Å². The van der Waals surface area contributed by atoms with E-state index < -0.39 is 0 Å². The number of nitrogens with zero attached hydrogens (tertiary/aromatic N) is 2. The highest BCUT2D eigenvalue weighted by molar-refractivity contribution is 7.12. The van der Waals surface area contributed by atoms with Gasteiger partial charge in [0.05, 0.1) is 22.1 Å². The van der Waals surface area contributed by atoms with Gasteiger partial charge in [-0.05, 0) is 48.2 Å². The average Bonchev–Trinajstić information content (AvgIpc) is 3.31. The van der Waals surface area contributed by atoms with E-state index in [9.17, 15) is 14.4 Å². The Kier molecular flexibility index (Phi) is 6.18. The van der Waals surface area contributed by atoms with Crippen LogP contribution in [0.1, 0.15) is 22.5 Å². The second-order valence-electron chi connectivity index (χ2n) is 6.92. The molecule has 156 valence electrons. The number of thiophene rings is 1. The maximum Gasteiger partial charge on any atom is 0.265 e. The molecule has 0 saturated carbocycles. The van der Waals surface area contributed by atoms with Crippen LogP contribution < -0.4 is 16.2 Å². The van der Waals surface area contributed by atoms with E-state index in [0.717, 1.165) is 0 Å². The molecule has 0 aliphatic heterocycles. The molecule has 0 unspecified atom stereocenters. The summed E-state index contributed by atoms with van der Waals surface area (Å²) in [5.74, 6) is -0.351. The highest BCUT2D eigenvalue weighted by Crippen LogP contribution is 2.18. The van der Waals surface area contributed by atoms with Crippen LogP contribution in [0.25, 0.3) is 10.9 Å². The third-order valence-electron chi connectivity index (χ3n) is 4.68. The van der Waals surface area contributed by atoms with Gasteiger partial charge in [-0.15, -0.1) is 11.3 Å². The molecule has 4 rings (SSSR count). The smallest absolute Gasteiger partial charge is 0.265 e. The van der Waals surface area contributed by atoms with Gasteiger partial charge in [0, 0.05) is 24.3 Å². The highest BCUT2D eigenvalue weighted by Gasteiger charge is 2.09. The molecule has 0 radical (unpaired) electrons. The van der Waals surface area contributed by atoms with Gasteiger partial charge in [0.1, 0.15) is 0 Å². The zero-order valence-corrected chi connectivity index (χ0v) is 17.4. The van der Waals surface area contributed by atoms with Crippen molar-refractivity contribution in [3.8, 4) is 0 Å². The van der Waals surface area contributed by atoms with Crippen LogP contribution in [0.4, 0.5) is 11.4 Å². The fourth-order valence-corrected chi connectivity index (χ4v) is 3.79. The van der Waals surface area contributed by atoms with Crippen molar-refractivity contribution in [2.24, 2.45) is 0 Å². The fraction of sp³-hybridized carbons (Fsp3) is 0.130. The molecule has 0 aliphatic carbocycles. The maximum atomic E-state index is 12.5. The van der Waals surface area contributed by atoms with Crippen LogP contribution in [0.2, 0.25) is 0 Å². The summed E-state index contributed by atoms with van der Waals surface area (Å²) in [6, 6.07) is 17.8. The molecule has 2 heterocycles. The summed E-state index contributed by atoms with van der Waals surface area (Å²) < 4.78 is 1.52. The van der Waals surface area contributed by atoms with Gasteiger partial charge in [0.25, 0.3) is 11.5 Å². The van der Waals surface area contributed by atoms with Gasteiger partial charge in [-0.25, -0.2) is 4.98 Å². The van der Waals surface area contributed by atoms with Crippen molar-refractivity contribution < 1.29 is 9.59 Å². The van der Waals surface area contributed by atoms with Crippen molar-refractivity contribution in [1.29, 1.82) is 0 Å². The van der Waals surface area contributed by atoms with Crippen molar-refractivity contribution in [3.05, 3.63) is 87.6 Å². The first-order valence-corrected chi connectivity index (χ1v) is 10.7. The molecule has 0 bridgehead atoms. The Labute approximate surface area is 182 Å². The monoisotopic (exact) mass is 432 g/mol. The SMILES string of the molecule is O=C(CCCn1cnc2ccccc2c1=O)Nc1cccc(NC(=O)c2cccs2)c1. The molecule has 0 aliphatic rings. The second kappa shape index (κ2) is 9.36. The normalized spacial score (nSPS) is 10.7. The third kappa shape index (κ3) is 5.04. The molecule has 4 aromatic rings. The van der Waals surface area contributed by atoms with Gasteiger partial charge in [-0.2, -0.15) is 0 Å². The highest BCUT2D eigenvalue weighted by atomic mass is 32.1. The fourth-order valence-electron chi connectivity index (χ4n) is 3.17. The Morgan fingerprint density at radius 1 is 0.968 bits per heavy atom. The van der Waals surface area contributed by atoms with Crippen LogP contribution >= 0.6 is 11.3 Å². The van der Waals surface area contributed by atoms with Crippen molar-refractivity contribution in [2.45, 2.75) is 19.4 Å². The van der Waals surface area contributed by atoms with Crippen LogP contribution in [0, 0.1) is 0 Å². The molecule has 8 heteroatoms. The second-order valence-corrected chi connectivity index (χ2v) is 7.87. The van der Waals surface area contributed by atoms with Crippen LogP contribution in [-0.2, 0) is 11.3 Å². The molecule has 31 heavy (non-hydrogen) atoms. The van der Waals surface area contributed by atoms with Crippen LogP contribution in [0.3, 0.4) is 0 Å². The van der Waals surface area contributed by atoms with E-state index in [4.69, 9.17) is 0 Å². The first-order chi connectivity index (χ1) is 15.1. The van der Waals surface area contributed by atoms with Crippen LogP contribution in [0.5, 0.6) is 0 Å². The Balaban J connectivity index is 1.32. The summed E-state index contributed by atoms with van der Waals surface area (Å²) in [4.78, 5) is 41.9. The minimum Gasteiger partial charge on any atom is -0.326 e. The van der Waals surface area contributed by atoms with E-state index in [1.807, 2.05) is 17.5 Å². The summed E-state index contributed by atoms with van der Waals surface area (Å²) in [5.41, 5.74) is 1.75. The summed E-state index contributed by atoms with van der Waals surface area (Å²) in [6.07, 6.45) is 2.27. The van der Waals surface area contributed by atoms with Gasteiger partial charge in [-0.3, -0.25) is 19.0 Å². The number of nitrogens with one attached hydrogen (secondary N) is 2. The topological polar surface area (TPSA) is 93.1 Å². The number of carbonyl (C=O) groups excluding carboxylic acids is 2. The van der Waals surface area contributed by atoms with Gasteiger partial charge in [0.2, 0.25) is 5.91 Å². The lowest BCUT2D eigenvalue weighted by Crippen LogP contribution is -2.21. The summed E-state index contributed by atoms with van der Waals surface area (Å²) in [5, 5.41) is 8.06. The molecular weight excluding hydrogens is 412 g/mol. The van der Waals surface area contributed by atoms with E-state index in [-0.39, 0.29) is 23.8 Å². The largest absolute Gasteiger partial charge is 0.326 e. The van der Waals surface area contributed by atoms with E-state index in [1.54, 1.807) is 48.5 Å². The summed E-state index contributed by atoms with van der Waals surface area (Å²) >= 11 is 1.36. The number of aromatic nitrogens is 2. The molecule has 0 saturated heterocycles. The molecule has 0 atom stereocenters. The van der Waals surface area contributed by atoms with E-state index >= 15 is 0 Å². The van der Waals surface area contributed by atoms with Gasteiger partial charge in [0.15, 0.2) is 0 Å². The van der Waals surface area contributed by atoms with Gasteiger partial charge in [-0.1, -0.05) is 24.3 Å². The Hall–Kier alpha value is -3.78. The number of hydrogen-bond acceptors (Lipinski definition) is 5. The molecule has 0 fully saturated rings. The van der Waals surface area contributed by atoms with Crippen molar-refractivity contribution in [1.82, 2.24) is 9.55 Å². The zero-order valence-electron chi connectivity index (χ0n) is 16.6. The molecule has 2 amide bonds. The number of aryl methyl sites for hydroxylation is 1. The van der Waals surface area contributed by atoms with E-state index in [2.05, 4.69) is 15.6 Å². The number of para-hydroxylation sites is 1. The number of hydrogen-bond donors (Lipinski definition) is 2. The number of fused-ring (bicyclic) bond motifs is 1.